The normalized spacial score (nSPS) is 10.6. The molecule has 0 unspecified atom stereocenters. The second-order valence-corrected chi connectivity index (χ2v) is 8.33. The lowest BCUT2D eigenvalue weighted by Gasteiger charge is -2.24. The van der Waals surface area contributed by atoms with E-state index < -0.39 is 0 Å². The van der Waals surface area contributed by atoms with Gasteiger partial charge in [-0.3, -0.25) is 14.6 Å². The monoisotopic (exact) mass is 467 g/mol. The second kappa shape index (κ2) is 11.2. The topological polar surface area (TPSA) is 62.3 Å². The number of nitrogens with zero attached hydrogens (tertiary/aromatic N) is 2. The molecule has 3 aromatic carbocycles. The van der Waals surface area contributed by atoms with Crippen molar-refractivity contribution in [2.24, 2.45) is 0 Å². The molecule has 2 amide bonds. The number of hydrogen-bond donors (Lipinski definition) is 1. The quantitative estimate of drug-likeness (QED) is 0.386. The SMILES string of the molecule is Cc1ccc(C(=O)N(Cc2cccc(F)c2)c2ccc(CC(=O)NCc3ccccn3)cc2)cc1. The summed E-state index contributed by atoms with van der Waals surface area (Å²) in [6.45, 7) is 2.54. The van der Waals surface area contributed by atoms with Crippen molar-refractivity contribution in [3.63, 3.8) is 0 Å². The standard InChI is InChI=1S/C29H26FN3O2/c1-21-8-12-24(13-9-21)29(35)33(20-23-5-4-6-25(30)17-23)27-14-10-22(11-15-27)18-28(34)32-19-26-7-2-3-16-31-26/h2-17H,18-20H2,1H3,(H,32,34). The third kappa shape index (κ3) is 6.60. The van der Waals surface area contributed by atoms with Crippen molar-refractivity contribution >= 4 is 17.5 Å². The highest BCUT2D eigenvalue weighted by Gasteiger charge is 2.19. The number of pyridine rings is 1. The van der Waals surface area contributed by atoms with Crippen molar-refractivity contribution in [3.05, 3.63) is 131 Å². The van der Waals surface area contributed by atoms with Gasteiger partial charge >= 0.3 is 0 Å². The van der Waals surface area contributed by atoms with Crippen molar-refractivity contribution in [3.8, 4) is 0 Å². The van der Waals surface area contributed by atoms with Gasteiger partial charge in [-0.2, -0.15) is 0 Å². The van der Waals surface area contributed by atoms with Gasteiger partial charge in [0.05, 0.1) is 25.2 Å². The van der Waals surface area contributed by atoms with Crippen LogP contribution in [0.25, 0.3) is 0 Å². The summed E-state index contributed by atoms with van der Waals surface area (Å²) in [5.74, 6) is -0.650. The predicted octanol–water partition coefficient (Wildman–Crippen LogP) is 5.24. The van der Waals surface area contributed by atoms with Gasteiger partial charge in [0.15, 0.2) is 0 Å². The van der Waals surface area contributed by atoms with Gasteiger partial charge in [0.25, 0.3) is 5.91 Å². The molecular formula is C29H26FN3O2. The molecule has 0 bridgehead atoms. The largest absolute Gasteiger partial charge is 0.350 e. The lowest BCUT2D eigenvalue weighted by Crippen LogP contribution is -2.30. The Bertz CT molecular complexity index is 1290. The number of rotatable bonds is 8. The summed E-state index contributed by atoms with van der Waals surface area (Å²) in [5.41, 5.74) is 4.56. The van der Waals surface area contributed by atoms with Crippen LogP contribution in [0.3, 0.4) is 0 Å². The number of hydrogen-bond acceptors (Lipinski definition) is 3. The average molecular weight is 468 g/mol. The molecule has 0 aliphatic rings. The van der Waals surface area contributed by atoms with Crippen molar-refractivity contribution in [2.75, 3.05) is 4.90 Å². The molecule has 1 aromatic heterocycles. The number of benzene rings is 3. The fourth-order valence-corrected chi connectivity index (χ4v) is 3.68. The summed E-state index contributed by atoms with van der Waals surface area (Å²) in [6, 6.07) is 26.4. The molecule has 6 heteroatoms. The molecule has 0 aliphatic carbocycles. The zero-order valence-corrected chi connectivity index (χ0v) is 19.4. The van der Waals surface area contributed by atoms with Crippen LogP contribution in [0.5, 0.6) is 0 Å². The van der Waals surface area contributed by atoms with Crippen LogP contribution < -0.4 is 10.2 Å². The number of aryl methyl sites for hydroxylation is 1. The van der Waals surface area contributed by atoms with Gasteiger partial charge in [0.2, 0.25) is 5.91 Å². The Morgan fingerprint density at radius 2 is 1.66 bits per heavy atom. The molecule has 0 aliphatic heterocycles. The Kier molecular flexibility index (Phi) is 7.63. The molecule has 35 heavy (non-hydrogen) atoms. The molecule has 4 rings (SSSR count). The summed E-state index contributed by atoms with van der Waals surface area (Å²) in [6.07, 6.45) is 1.90. The van der Waals surface area contributed by atoms with Crippen LogP contribution in [0.2, 0.25) is 0 Å². The highest BCUT2D eigenvalue weighted by Crippen LogP contribution is 2.22. The average Bonchev–Trinajstić information content (AvgIpc) is 2.87. The molecule has 1 N–H and O–H groups in total. The van der Waals surface area contributed by atoms with E-state index in [-0.39, 0.29) is 30.6 Å². The number of anilines is 1. The van der Waals surface area contributed by atoms with Gasteiger partial charge in [0.1, 0.15) is 5.82 Å². The van der Waals surface area contributed by atoms with E-state index in [0.29, 0.717) is 23.4 Å². The summed E-state index contributed by atoms with van der Waals surface area (Å²) in [7, 11) is 0. The number of nitrogens with one attached hydrogen (secondary N) is 1. The predicted molar refractivity (Wildman–Crippen MR) is 134 cm³/mol. The van der Waals surface area contributed by atoms with Gasteiger partial charge < -0.3 is 10.2 Å². The maximum Gasteiger partial charge on any atom is 0.258 e. The van der Waals surface area contributed by atoms with Crippen molar-refractivity contribution in [2.45, 2.75) is 26.4 Å². The number of amides is 2. The van der Waals surface area contributed by atoms with Crippen LogP contribution in [0.4, 0.5) is 10.1 Å². The van der Waals surface area contributed by atoms with Gasteiger partial charge in [-0.15, -0.1) is 0 Å². The maximum absolute atomic E-state index is 13.8. The van der Waals surface area contributed by atoms with Crippen molar-refractivity contribution in [1.82, 2.24) is 10.3 Å². The van der Waals surface area contributed by atoms with Crippen molar-refractivity contribution < 1.29 is 14.0 Å². The lowest BCUT2D eigenvalue weighted by atomic mass is 10.1. The van der Waals surface area contributed by atoms with Gasteiger partial charge in [0, 0.05) is 17.4 Å². The minimum Gasteiger partial charge on any atom is -0.350 e. The van der Waals surface area contributed by atoms with E-state index in [2.05, 4.69) is 10.3 Å². The lowest BCUT2D eigenvalue weighted by molar-refractivity contribution is -0.120. The van der Waals surface area contributed by atoms with Crippen LogP contribution in [-0.4, -0.2) is 16.8 Å². The number of carbonyl (C=O) groups is 2. The summed E-state index contributed by atoms with van der Waals surface area (Å²) in [5, 5.41) is 2.87. The van der Waals surface area contributed by atoms with Crippen LogP contribution in [0.1, 0.15) is 32.7 Å². The molecule has 0 saturated heterocycles. The van der Waals surface area contributed by atoms with E-state index in [1.807, 2.05) is 61.5 Å². The molecule has 0 atom stereocenters. The summed E-state index contributed by atoms with van der Waals surface area (Å²) >= 11 is 0. The van der Waals surface area contributed by atoms with E-state index in [1.54, 1.807) is 35.4 Å². The van der Waals surface area contributed by atoms with Gasteiger partial charge in [-0.05, 0) is 66.6 Å². The molecule has 4 aromatic rings. The zero-order valence-electron chi connectivity index (χ0n) is 19.4. The first-order valence-corrected chi connectivity index (χ1v) is 11.4. The third-order valence-electron chi connectivity index (χ3n) is 5.58. The Morgan fingerprint density at radius 1 is 0.886 bits per heavy atom. The van der Waals surface area contributed by atoms with Crippen molar-refractivity contribution in [1.29, 1.82) is 0 Å². The Hall–Kier alpha value is -4.32. The number of carbonyl (C=O) groups excluding carboxylic acids is 2. The van der Waals surface area contributed by atoms with E-state index in [1.165, 1.54) is 12.1 Å². The molecule has 0 spiro atoms. The first kappa shape index (κ1) is 23.8. The molecule has 0 radical (unpaired) electrons. The first-order valence-electron chi connectivity index (χ1n) is 11.4. The first-order chi connectivity index (χ1) is 17.0. The molecule has 5 nitrogen and oxygen atoms in total. The van der Waals surface area contributed by atoms with Crippen LogP contribution in [0.15, 0.2) is 97.2 Å². The van der Waals surface area contributed by atoms with Crippen LogP contribution in [0, 0.1) is 12.7 Å². The smallest absolute Gasteiger partial charge is 0.258 e. The maximum atomic E-state index is 13.8. The van der Waals surface area contributed by atoms with Crippen LogP contribution >= 0.6 is 0 Å². The van der Waals surface area contributed by atoms with Crippen LogP contribution in [-0.2, 0) is 24.3 Å². The number of aromatic nitrogens is 1. The highest BCUT2D eigenvalue weighted by atomic mass is 19.1. The Labute approximate surface area is 204 Å². The minimum atomic E-state index is -0.350. The third-order valence-corrected chi connectivity index (χ3v) is 5.58. The molecule has 176 valence electrons. The summed E-state index contributed by atoms with van der Waals surface area (Å²) in [4.78, 5) is 31.6. The second-order valence-electron chi connectivity index (χ2n) is 8.33. The fourth-order valence-electron chi connectivity index (χ4n) is 3.68. The summed E-state index contributed by atoms with van der Waals surface area (Å²) < 4.78 is 13.8. The Balaban J connectivity index is 1.49. The zero-order chi connectivity index (χ0) is 24.6. The molecule has 0 saturated carbocycles. The van der Waals surface area contributed by atoms with E-state index in [9.17, 15) is 14.0 Å². The Morgan fingerprint density at radius 3 is 2.34 bits per heavy atom. The highest BCUT2D eigenvalue weighted by molar-refractivity contribution is 6.06. The van der Waals surface area contributed by atoms with E-state index in [0.717, 1.165) is 16.8 Å². The van der Waals surface area contributed by atoms with E-state index in [4.69, 9.17) is 0 Å². The van der Waals surface area contributed by atoms with Gasteiger partial charge in [-0.25, -0.2) is 4.39 Å². The number of halogens is 1. The van der Waals surface area contributed by atoms with Gasteiger partial charge in [-0.1, -0.05) is 48.0 Å². The molecular weight excluding hydrogens is 441 g/mol. The minimum absolute atomic E-state index is 0.115. The van der Waals surface area contributed by atoms with E-state index >= 15 is 0 Å². The molecule has 1 heterocycles. The fraction of sp³-hybridized carbons (Fsp3) is 0.138. The molecule has 0 fully saturated rings.